The number of hydrogen-bond donors (Lipinski definition) is 0. The molecule has 0 aliphatic heterocycles. The van der Waals surface area contributed by atoms with E-state index in [0.29, 0.717) is 0 Å². The van der Waals surface area contributed by atoms with E-state index in [-0.39, 0.29) is 0 Å². The first-order valence-electron chi connectivity index (χ1n) is 4.43. The summed E-state index contributed by atoms with van der Waals surface area (Å²) in [5.74, 6) is 0.918. The van der Waals surface area contributed by atoms with E-state index >= 15 is 0 Å². The lowest BCUT2D eigenvalue weighted by atomic mass is 10.2. The summed E-state index contributed by atoms with van der Waals surface area (Å²) in [5.41, 5.74) is 2.56. The van der Waals surface area contributed by atoms with E-state index in [0.717, 1.165) is 5.75 Å². The van der Waals surface area contributed by atoms with Crippen molar-refractivity contribution in [2.45, 2.75) is 6.92 Å². The Hall–Kier alpha value is -0.710. The molecule has 0 spiro atoms. The van der Waals surface area contributed by atoms with Gasteiger partial charge in [0, 0.05) is 27.2 Å². The minimum Gasteiger partial charge on any atom is -0.497 e. The van der Waals surface area contributed by atoms with Gasteiger partial charge in [-0.1, -0.05) is 0 Å². The average molecular weight is 301 g/mol. The highest BCUT2D eigenvalue weighted by Gasteiger charge is 2.09. The van der Waals surface area contributed by atoms with E-state index in [9.17, 15) is 0 Å². The van der Waals surface area contributed by atoms with Gasteiger partial charge >= 0.3 is 0 Å². The molecule has 1 heterocycles. The molecule has 2 aromatic rings. The molecule has 3 heteroatoms. The molecule has 0 saturated heterocycles. The van der Waals surface area contributed by atoms with Gasteiger partial charge in [-0.2, -0.15) is 0 Å². The molecule has 14 heavy (non-hydrogen) atoms. The Labute approximate surface area is 97.0 Å². The maximum Gasteiger partial charge on any atom is 0.119 e. The summed E-state index contributed by atoms with van der Waals surface area (Å²) in [5, 5.41) is 1.27. The summed E-state index contributed by atoms with van der Waals surface area (Å²) in [6.07, 6.45) is 0. The van der Waals surface area contributed by atoms with Crippen LogP contribution in [-0.2, 0) is 7.05 Å². The Bertz CT molecular complexity index is 487. The predicted molar refractivity (Wildman–Crippen MR) is 66.9 cm³/mol. The first kappa shape index (κ1) is 9.83. The van der Waals surface area contributed by atoms with E-state index in [2.05, 4.69) is 53.3 Å². The Balaban J connectivity index is 2.82. The van der Waals surface area contributed by atoms with Crippen LogP contribution in [0.25, 0.3) is 10.9 Å². The van der Waals surface area contributed by atoms with Crippen molar-refractivity contribution in [2.24, 2.45) is 7.05 Å². The van der Waals surface area contributed by atoms with E-state index in [1.807, 2.05) is 6.07 Å². The summed E-state index contributed by atoms with van der Waals surface area (Å²) < 4.78 is 8.72. The first-order chi connectivity index (χ1) is 6.65. The van der Waals surface area contributed by atoms with Gasteiger partial charge in [0.2, 0.25) is 0 Å². The van der Waals surface area contributed by atoms with Crippen molar-refractivity contribution < 1.29 is 4.74 Å². The van der Waals surface area contributed by atoms with E-state index in [4.69, 9.17) is 4.74 Å². The Morgan fingerprint density at radius 3 is 2.71 bits per heavy atom. The molecule has 0 atom stereocenters. The standard InChI is InChI=1S/C11H12INO/c1-7-11(12)9-6-8(14-3)4-5-10(9)13(7)2/h4-6H,1-3H3. The van der Waals surface area contributed by atoms with Gasteiger partial charge in [0.25, 0.3) is 0 Å². The second-order valence-corrected chi connectivity index (χ2v) is 4.42. The fourth-order valence-electron chi connectivity index (χ4n) is 1.63. The van der Waals surface area contributed by atoms with Crippen molar-refractivity contribution in [1.29, 1.82) is 0 Å². The summed E-state index contributed by atoms with van der Waals surface area (Å²) in [4.78, 5) is 0. The van der Waals surface area contributed by atoms with Crippen molar-refractivity contribution >= 4 is 33.5 Å². The van der Waals surface area contributed by atoms with Gasteiger partial charge in [-0.25, -0.2) is 0 Å². The number of fused-ring (bicyclic) bond motifs is 1. The van der Waals surface area contributed by atoms with Crippen LogP contribution < -0.4 is 4.74 Å². The highest BCUT2D eigenvalue weighted by molar-refractivity contribution is 14.1. The Kier molecular flexibility index (Phi) is 2.43. The summed E-state index contributed by atoms with van der Waals surface area (Å²) in [6, 6.07) is 6.19. The maximum absolute atomic E-state index is 5.21. The minimum absolute atomic E-state index is 0.918. The van der Waals surface area contributed by atoms with Gasteiger partial charge in [-0.15, -0.1) is 0 Å². The lowest BCUT2D eigenvalue weighted by molar-refractivity contribution is 0.415. The molecule has 0 radical (unpaired) electrons. The maximum atomic E-state index is 5.21. The quantitative estimate of drug-likeness (QED) is 0.738. The molecule has 74 valence electrons. The molecule has 1 aromatic carbocycles. The van der Waals surface area contributed by atoms with Gasteiger partial charge in [-0.05, 0) is 47.7 Å². The topological polar surface area (TPSA) is 14.2 Å². The number of methoxy groups -OCH3 is 1. The third kappa shape index (κ3) is 1.30. The SMILES string of the molecule is COc1ccc2c(c1)c(I)c(C)n2C. The molecule has 0 unspecified atom stereocenters. The molecule has 0 aliphatic rings. The highest BCUT2D eigenvalue weighted by Crippen LogP contribution is 2.29. The van der Waals surface area contributed by atoms with Crippen molar-refractivity contribution in [2.75, 3.05) is 7.11 Å². The van der Waals surface area contributed by atoms with Crippen LogP contribution in [0.4, 0.5) is 0 Å². The number of aryl methyl sites for hydroxylation is 1. The largest absolute Gasteiger partial charge is 0.497 e. The average Bonchev–Trinajstić information content (AvgIpc) is 2.44. The number of rotatable bonds is 1. The monoisotopic (exact) mass is 301 g/mol. The molecule has 0 saturated carbocycles. The summed E-state index contributed by atoms with van der Waals surface area (Å²) >= 11 is 2.38. The molecule has 2 rings (SSSR count). The van der Waals surface area contributed by atoms with Crippen LogP contribution in [0.5, 0.6) is 5.75 Å². The van der Waals surface area contributed by atoms with Crippen LogP contribution in [0.1, 0.15) is 5.69 Å². The van der Waals surface area contributed by atoms with Crippen LogP contribution >= 0.6 is 22.6 Å². The Morgan fingerprint density at radius 2 is 2.07 bits per heavy atom. The van der Waals surface area contributed by atoms with Crippen LogP contribution in [0, 0.1) is 10.5 Å². The third-order valence-corrected chi connectivity index (χ3v) is 3.98. The number of nitrogens with zero attached hydrogens (tertiary/aromatic N) is 1. The fourth-order valence-corrected chi connectivity index (χ4v) is 2.43. The minimum atomic E-state index is 0.918. The summed E-state index contributed by atoms with van der Waals surface area (Å²) in [7, 11) is 3.79. The zero-order chi connectivity index (χ0) is 10.3. The van der Waals surface area contributed by atoms with Gasteiger partial charge in [0.15, 0.2) is 0 Å². The van der Waals surface area contributed by atoms with Crippen LogP contribution in [0.2, 0.25) is 0 Å². The predicted octanol–water partition coefficient (Wildman–Crippen LogP) is 3.10. The molecular weight excluding hydrogens is 289 g/mol. The van der Waals surface area contributed by atoms with Crippen LogP contribution in [-0.4, -0.2) is 11.7 Å². The number of halogens is 1. The number of ether oxygens (including phenoxy) is 1. The molecule has 2 nitrogen and oxygen atoms in total. The molecular formula is C11H12INO. The number of aromatic nitrogens is 1. The molecule has 1 aromatic heterocycles. The lowest BCUT2D eigenvalue weighted by Crippen LogP contribution is -1.89. The van der Waals surface area contributed by atoms with Gasteiger partial charge < -0.3 is 9.30 Å². The van der Waals surface area contributed by atoms with Gasteiger partial charge in [0.1, 0.15) is 5.75 Å². The summed E-state index contributed by atoms with van der Waals surface area (Å²) in [6.45, 7) is 2.13. The highest BCUT2D eigenvalue weighted by atomic mass is 127. The smallest absolute Gasteiger partial charge is 0.119 e. The van der Waals surface area contributed by atoms with Gasteiger partial charge in [-0.3, -0.25) is 0 Å². The number of benzene rings is 1. The lowest BCUT2D eigenvalue weighted by Gasteiger charge is -2.00. The third-order valence-electron chi connectivity index (χ3n) is 2.62. The normalized spacial score (nSPS) is 10.9. The van der Waals surface area contributed by atoms with Crippen LogP contribution in [0.3, 0.4) is 0 Å². The molecule has 0 fully saturated rings. The Morgan fingerprint density at radius 1 is 1.36 bits per heavy atom. The van der Waals surface area contributed by atoms with Crippen molar-refractivity contribution in [3.63, 3.8) is 0 Å². The van der Waals surface area contributed by atoms with E-state index < -0.39 is 0 Å². The number of hydrogen-bond acceptors (Lipinski definition) is 1. The zero-order valence-electron chi connectivity index (χ0n) is 8.47. The molecule has 0 aliphatic carbocycles. The molecule has 0 N–H and O–H groups in total. The van der Waals surface area contributed by atoms with E-state index in [1.165, 1.54) is 20.2 Å². The molecule has 0 amide bonds. The van der Waals surface area contributed by atoms with Crippen LogP contribution in [0.15, 0.2) is 18.2 Å². The fraction of sp³-hybridized carbons (Fsp3) is 0.273. The van der Waals surface area contributed by atoms with Crippen molar-refractivity contribution in [1.82, 2.24) is 4.57 Å². The van der Waals surface area contributed by atoms with Crippen molar-refractivity contribution in [3.8, 4) is 5.75 Å². The molecule has 0 bridgehead atoms. The van der Waals surface area contributed by atoms with E-state index in [1.54, 1.807) is 7.11 Å². The van der Waals surface area contributed by atoms with Gasteiger partial charge in [0.05, 0.1) is 7.11 Å². The second kappa shape index (κ2) is 3.46. The zero-order valence-corrected chi connectivity index (χ0v) is 10.6. The first-order valence-corrected chi connectivity index (χ1v) is 5.51. The second-order valence-electron chi connectivity index (χ2n) is 3.34. The van der Waals surface area contributed by atoms with Crippen molar-refractivity contribution in [3.05, 3.63) is 27.5 Å².